The van der Waals surface area contributed by atoms with Crippen LogP contribution < -0.4 is 5.50 Å². The molecule has 0 fully saturated rings. The van der Waals surface area contributed by atoms with Crippen LogP contribution in [0.3, 0.4) is 0 Å². The quantitative estimate of drug-likeness (QED) is 0.584. The summed E-state index contributed by atoms with van der Waals surface area (Å²) in [6.07, 6.45) is 1.72. The minimum Gasteiger partial charge on any atom is -0.333 e. The van der Waals surface area contributed by atoms with Crippen molar-refractivity contribution in [1.82, 2.24) is 14.2 Å². The van der Waals surface area contributed by atoms with Gasteiger partial charge in [0.05, 0.1) is 0 Å². The molecule has 0 aliphatic rings. The molecule has 0 aliphatic heterocycles. The molecule has 9 heteroatoms. The van der Waals surface area contributed by atoms with Gasteiger partial charge >= 0.3 is 7.67 Å². The third-order valence-electron chi connectivity index (χ3n) is 2.77. The van der Waals surface area contributed by atoms with Crippen molar-refractivity contribution in [2.45, 2.75) is 13.5 Å². The molecule has 0 bridgehead atoms. The molecule has 1 aromatic heterocycles. The Bertz CT molecular complexity index is 449. The lowest BCUT2D eigenvalue weighted by molar-refractivity contribution is 0.247. The van der Waals surface area contributed by atoms with Gasteiger partial charge in [0.2, 0.25) is 0 Å². The minimum atomic E-state index is -3.40. The second kappa shape index (κ2) is 7.62. The van der Waals surface area contributed by atoms with Gasteiger partial charge in [-0.1, -0.05) is 0 Å². The maximum absolute atomic E-state index is 12.3. The van der Waals surface area contributed by atoms with E-state index in [0.29, 0.717) is 30.7 Å². The van der Waals surface area contributed by atoms with Crippen LogP contribution in [-0.4, -0.2) is 39.1 Å². The van der Waals surface area contributed by atoms with Gasteiger partial charge in [0, 0.05) is 43.8 Å². The SMILES string of the molecule is Cc1cnc(COP(N)(=O)N(CCCl)CCCl)n1C. The molecule has 1 unspecified atom stereocenters. The normalized spacial score (nSPS) is 14.8. The molecule has 6 nitrogen and oxygen atoms in total. The van der Waals surface area contributed by atoms with Gasteiger partial charge in [0.1, 0.15) is 12.4 Å². The highest BCUT2D eigenvalue weighted by atomic mass is 35.5. The van der Waals surface area contributed by atoms with E-state index >= 15 is 0 Å². The third kappa shape index (κ3) is 4.74. The van der Waals surface area contributed by atoms with Crippen LogP contribution in [0.15, 0.2) is 6.20 Å². The average Bonchev–Trinajstić information content (AvgIpc) is 2.67. The van der Waals surface area contributed by atoms with Crippen LogP contribution in [0.5, 0.6) is 0 Å². The number of nitrogens with two attached hydrogens (primary N) is 1. The van der Waals surface area contributed by atoms with Crippen molar-refractivity contribution in [2.24, 2.45) is 12.6 Å². The van der Waals surface area contributed by atoms with Gasteiger partial charge in [-0.2, -0.15) is 0 Å². The number of nitrogens with zero attached hydrogens (tertiary/aromatic N) is 3. The van der Waals surface area contributed by atoms with Crippen LogP contribution in [0.4, 0.5) is 0 Å². The fraction of sp³-hybridized carbons (Fsp3) is 0.700. The van der Waals surface area contributed by atoms with E-state index in [4.69, 9.17) is 33.2 Å². The van der Waals surface area contributed by atoms with Crippen molar-refractivity contribution < 1.29 is 9.09 Å². The fourth-order valence-corrected chi connectivity index (χ4v) is 3.36. The van der Waals surface area contributed by atoms with Crippen LogP contribution in [0.25, 0.3) is 0 Å². The number of imidazole rings is 1. The highest BCUT2D eigenvalue weighted by molar-refractivity contribution is 7.53. The lowest BCUT2D eigenvalue weighted by Crippen LogP contribution is -2.29. The first-order chi connectivity index (χ1) is 8.92. The van der Waals surface area contributed by atoms with Crippen molar-refractivity contribution in [1.29, 1.82) is 0 Å². The molecule has 0 aliphatic carbocycles. The number of halogens is 2. The van der Waals surface area contributed by atoms with E-state index in [1.54, 1.807) is 6.20 Å². The molecular formula is C10H19Cl2N4O2P. The maximum atomic E-state index is 12.3. The molecule has 0 saturated carbocycles. The predicted molar refractivity (Wildman–Crippen MR) is 77.5 cm³/mol. The first kappa shape index (κ1) is 17.0. The van der Waals surface area contributed by atoms with Crippen LogP contribution >= 0.6 is 30.9 Å². The Hall–Kier alpha value is -0.100. The molecule has 0 aromatic carbocycles. The zero-order valence-corrected chi connectivity index (χ0v) is 13.5. The summed E-state index contributed by atoms with van der Waals surface area (Å²) < 4.78 is 21.0. The first-order valence-electron chi connectivity index (χ1n) is 5.80. The number of aryl methyl sites for hydroxylation is 1. The van der Waals surface area contributed by atoms with Gasteiger partial charge in [-0.25, -0.2) is 15.2 Å². The molecule has 0 spiro atoms. The Morgan fingerprint density at radius 3 is 2.47 bits per heavy atom. The number of hydrogen-bond acceptors (Lipinski definition) is 3. The summed E-state index contributed by atoms with van der Waals surface area (Å²) in [6, 6.07) is 0. The molecule has 1 aromatic rings. The summed E-state index contributed by atoms with van der Waals surface area (Å²) in [5.74, 6) is 1.28. The van der Waals surface area contributed by atoms with Crippen LogP contribution in [0.1, 0.15) is 11.5 Å². The predicted octanol–water partition coefficient (Wildman–Crippen LogP) is 2.09. The summed E-state index contributed by atoms with van der Waals surface area (Å²) in [6.45, 7) is 2.73. The summed E-state index contributed by atoms with van der Waals surface area (Å²) in [5, 5.41) is 0. The smallest absolute Gasteiger partial charge is 0.333 e. The van der Waals surface area contributed by atoms with E-state index in [1.165, 1.54) is 4.67 Å². The van der Waals surface area contributed by atoms with Crippen LogP contribution in [-0.2, 0) is 22.7 Å². The van der Waals surface area contributed by atoms with E-state index in [9.17, 15) is 4.57 Å². The zero-order chi connectivity index (χ0) is 14.5. The molecule has 110 valence electrons. The van der Waals surface area contributed by atoms with Gasteiger partial charge in [-0.3, -0.25) is 9.09 Å². The van der Waals surface area contributed by atoms with Gasteiger partial charge in [0.25, 0.3) is 0 Å². The summed E-state index contributed by atoms with van der Waals surface area (Å²) in [4.78, 5) is 4.16. The van der Waals surface area contributed by atoms with Gasteiger partial charge in [-0.15, -0.1) is 23.2 Å². The summed E-state index contributed by atoms with van der Waals surface area (Å²) in [7, 11) is -1.54. The van der Waals surface area contributed by atoms with E-state index in [2.05, 4.69) is 4.98 Å². The second-order valence-electron chi connectivity index (χ2n) is 4.04. The average molecular weight is 329 g/mol. The van der Waals surface area contributed by atoms with E-state index < -0.39 is 7.67 Å². The molecule has 0 saturated heterocycles. The summed E-state index contributed by atoms with van der Waals surface area (Å²) in [5.41, 5.74) is 6.73. The highest BCUT2D eigenvalue weighted by Crippen LogP contribution is 2.42. The van der Waals surface area contributed by atoms with Crippen LogP contribution in [0, 0.1) is 6.92 Å². The number of rotatable bonds is 8. The topological polar surface area (TPSA) is 73.4 Å². The Morgan fingerprint density at radius 2 is 2.05 bits per heavy atom. The van der Waals surface area contributed by atoms with E-state index in [1.807, 2.05) is 18.5 Å². The molecular weight excluding hydrogens is 310 g/mol. The first-order valence-corrected chi connectivity index (χ1v) is 8.51. The van der Waals surface area contributed by atoms with Crippen molar-refractivity contribution in [3.05, 3.63) is 17.7 Å². The van der Waals surface area contributed by atoms with E-state index in [-0.39, 0.29) is 6.61 Å². The number of alkyl halides is 2. The van der Waals surface area contributed by atoms with Crippen molar-refractivity contribution in [3.63, 3.8) is 0 Å². The van der Waals surface area contributed by atoms with Gasteiger partial charge < -0.3 is 4.57 Å². The number of hydrogen-bond donors (Lipinski definition) is 1. The maximum Gasteiger partial charge on any atom is 0.341 e. The zero-order valence-electron chi connectivity index (χ0n) is 11.1. The highest BCUT2D eigenvalue weighted by Gasteiger charge is 2.27. The number of aromatic nitrogens is 2. The third-order valence-corrected chi connectivity index (χ3v) is 4.80. The summed E-state index contributed by atoms with van der Waals surface area (Å²) >= 11 is 11.3. The monoisotopic (exact) mass is 328 g/mol. The molecule has 0 radical (unpaired) electrons. The molecule has 19 heavy (non-hydrogen) atoms. The van der Waals surface area contributed by atoms with Crippen LogP contribution in [0.2, 0.25) is 0 Å². The van der Waals surface area contributed by atoms with Crippen molar-refractivity contribution in [3.8, 4) is 0 Å². The van der Waals surface area contributed by atoms with Crippen molar-refractivity contribution in [2.75, 3.05) is 24.8 Å². The molecule has 1 rings (SSSR count). The standard InChI is InChI=1S/C10H19Cl2N4O2P/c1-9-7-14-10(15(9)2)8-18-19(13,17)16(5-3-11)6-4-12/h7H,3-6,8H2,1-2H3,(H2,13,17). The van der Waals surface area contributed by atoms with Gasteiger partial charge in [-0.05, 0) is 6.92 Å². The fourth-order valence-electron chi connectivity index (χ4n) is 1.50. The Labute approximate surface area is 123 Å². The van der Waals surface area contributed by atoms with Gasteiger partial charge in [0.15, 0.2) is 0 Å². The van der Waals surface area contributed by atoms with E-state index in [0.717, 1.165) is 5.69 Å². The minimum absolute atomic E-state index is 0.0825. The molecule has 1 heterocycles. The van der Waals surface area contributed by atoms with Crippen molar-refractivity contribution >= 4 is 30.9 Å². The largest absolute Gasteiger partial charge is 0.341 e. The lowest BCUT2D eigenvalue weighted by Gasteiger charge is -2.26. The lowest BCUT2D eigenvalue weighted by atomic mass is 10.5. The molecule has 2 N–H and O–H groups in total. The second-order valence-corrected chi connectivity index (χ2v) is 6.75. The Morgan fingerprint density at radius 1 is 1.47 bits per heavy atom. The Balaban J connectivity index is 2.67. The molecule has 1 atom stereocenters. The Kier molecular flexibility index (Phi) is 6.80. The molecule has 0 amide bonds.